The van der Waals surface area contributed by atoms with Crippen LogP contribution in [0.15, 0.2) is 17.6 Å². The van der Waals surface area contributed by atoms with E-state index in [1.165, 1.54) is 4.31 Å². The van der Waals surface area contributed by atoms with Crippen molar-refractivity contribution in [1.29, 1.82) is 0 Å². The summed E-state index contributed by atoms with van der Waals surface area (Å²) in [6, 6.07) is 0.198. The van der Waals surface area contributed by atoms with Gasteiger partial charge in [0.1, 0.15) is 0 Å². The first kappa shape index (κ1) is 17.4. The number of nitrogens with zero attached hydrogens (tertiary/aromatic N) is 3. The summed E-state index contributed by atoms with van der Waals surface area (Å²) >= 11 is 0. The molecule has 1 aliphatic rings. The Bertz CT molecular complexity index is 558. The highest BCUT2D eigenvalue weighted by Crippen LogP contribution is 2.32. The van der Waals surface area contributed by atoms with Gasteiger partial charge in [0.15, 0.2) is 5.03 Å². The fourth-order valence-corrected chi connectivity index (χ4v) is 3.73. The third kappa shape index (κ3) is 3.16. The molecule has 8 heteroatoms. The van der Waals surface area contributed by atoms with E-state index >= 15 is 0 Å². The molecule has 0 amide bonds. The minimum absolute atomic E-state index is 0. The quantitative estimate of drug-likeness (QED) is 0.904. The number of imidazole rings is 1. The number of hydrogen-bond donors (Lipinski definition) is 1. The van der Waals surface area contributed by atoms with Crippen LogP contribution in [0.2, 0.25) is 0 Å². The van der Waals surface area contributed by atoms with Gasteiger partial charge < -0.3 is 10.3 Å². The van der Waals surface area contributed by atoms with Gasteiger partial charge in [0.25, 0.3) is 10.0 Å². The van der Waals surface area contributed by atoms with Crippen molar-refractivity contribution in [3.8, 4) is 0 Å². The Morgan fingerprint density at radius 2 is 2.15 bits per heavy atom. The summed E-state index contributed by atoms with van der Waals surface area (Å²) in [6.07, 6.45) is 3.96. The van der Waals surface area contributed by atoms with Gasteiger partial charge in [0.05, 0.1) is 6.33 Å². The summed E-state index contributed by atoms with van der Waals surface area (Å²) in [5, 5.41) is 0.127. The summed E-state index contributed by atoms with van der Waals surface area (Å²) in [5.41, 5.74) is 5.60. The Labute approximate surface area is 126 Å². The van der Waals surface area contributed by atoms with Gasteiger partial charge in [-0.15, -0.1) is 12.4 Å². The monoisotopic (exact) mass is 322 g/mol. The third-order valence-corrected chi connectivity index (χ3v) is 5.52. The predicted molar refractivity (Wildman–Crippen MR) is 80.4 cm³/mol. The summed E-state index contributed by atoms with van der Waals surface area (Å²) in [4.78, 5) is 4.03. The lowest BCUT2D eigenvalue weighted by Crippen LogP contribution is -2.34. The smallest absolute Gasteiger partial charge is 0.262 e. The average Bonchev–Trinajstić information content (AvgIpc) is 2.96. The van der Waals surface area contributed by atoms with Crippen LogP contribution in [0.4, 0.5) is 0 Å². The molecule has 1 atom stereocenters. The van der Waals surface area contributed by atoms with Gasteiger partial charge in [-0.2, -0.15) is 4.31 Å². The molecular formula is C12H23ClN4O2S. The third-order valence-electron chi connectivity index (χ3n) is 3.79. The van der Waals surface area contributed by atoms with Crippen molar-refractivity contribution in [2.24, 2.45) is 11.1 Å². The number of halogens is 1. The summed E-state index contributed by atoms with van der Waals surface area (Å²) in [7, 11) is -3.49. The van der Waals surface area contributed by atoms with Crippen LogP contribution in [0.5, 0.6) is 0 Å². The van der Waals surface area contributed by atoms with Gasteiger partial charge in [0.2, 0.25) is 0 Å². The molecule has 1 unspecified atom stereocenters. The molecule has 1 aliphatic heterocycles. The van der Waals surface area contributed by atoms with Crippen molar-refractivity contribution in [3.63, 3.8) is 0 Å². The SMILES string of the molecule is CC(C)n1cnc(S(=O)(=O)N2CCC(C)(CN)C2)c1.Cl. The number of sulfonamides is 1. The van der Waals surface area contributed by atoms with Gasteiger partial charge in [-0.1, -0.05) is 6.92 Å². The molecule has 2 rings (SSSR count). The molecule has 116 valence electrons. The van der Waals surface area contributed by atoms with E-state index in [1.54, 1.807) is 17.1 Å². The molecule has 1 aromatic rings. The highest BCUT2D eigenvalue weighted by molar-refractivity contribution is 7.89. The molecule has 0 aliphatic carbocycles. The van der Waals surface area contributed by atoms with Gasteiger partial charge >= 0.3 is 0 Å². The molecule has 20 heavy (non-hydrogen) atoms. The van der Waals surface area contributed by atoms with E-state index in [1.807, 2.05) is 20.8 Å². The number of nitrogens with two attached hydrogens (primary N) is 1. The maximum absolute atomic E-state index is 12.5. The van der Waals surface area contributed by atoms with Crippen molar-refractivity contribution >= 4 is 22.4 Å². The standard InChI is InChI=1S/C12H22N4O2S.ClH/c1-10(2)15-6-11(14-9-15)19(17,18)16-5-4-12(3,7-13)8-16;/h6,9-10H,4-5,7-8,13H2,1-3H3;1H. The van der Waals surface area contributed by atoms with Crippen molar-refractivity contribution < 1.29 is 8.42 Å². The van der Waals surface area contributed by atoms with Crippen LogP contribution in [0.3, 0.4) is 0 Å². The lowest BCUT2D eigenvalue weighted by atomic mass is 9.90. The second-order valence-corrected chi connectivity index (χ2v) is 7.74. The van der Waals surface area contributed by atoms with Crippen LogP contribution in [-0.4, -0.2) is 41.9 Å². The van der Waals surface area contributed by atoms with E-state index in [2.05, 4.69) is 4.98 Å². The lowest BCUT2D eigenvalue weighted by Gasteiger charge is -2.21. The van der Waals surface area contributed by atoms with E-state index in [0.717, 1.165) is 6.42 Å². The normalized spacial score (nSPS) is 24.1. The van der Waals surface area contributed by atoms with E-state index < -0.39 is 10.0 Å². The minimum atomic E-state index is -3.49. The van der Waals surface area contributed by atoms with E-state index in [9.17, 15) is 8.42 Å². The molecule has 6 nitrogen and oxygen atoms in total. The highest BCUT2D eigenvalue weighted by Gasteiger charge is 2.39. The van der Waals surface area contributed by atoms with Gasteiger partial charge in [0, 0.05) is 25.3 Å². The van der Waals surface area contributed by atoms with Gasteiger partial charge in [-0.05, 0) is 32.2 Å². The molecule has 1 saturated heterocycles. The van der Waals surface area contributed by atoms with Crippen molar-refractivity contribution in [1.82, 2.24) is 13.9 Å². The Morgan fingerprint density at radius 3 is 2.60 bits per heavy atom. The fraction of sp³-hybridized carbons (Fsp3) is 0.750. The topological polar surface area (TPSA) is 81.2 Å². The summed E-state index contributed by atoms with van der Waals surface area (Å²) in [6.45, 7) is 7.48. The van der Waals surface area contributed by atoms with E-state index in [0.29, 0.717) is 19.6 Å². The second kappa shape index (κ2) is 6.01. The van der Waals surface area contributed by atoms with Gasteiger partial charge in [-0.3, -0.25) is 0 Å². The minimum Gasteiger partial charge on any atom is -0.334 e. The van der Waals surface area contributed by atoms with Crippen molar-refractivity contribution in [3.05, 3.63) is 12.5 Å². The molecule has 1 fully saturated rings. The van der Waals surface area contributed by atoms with Gasteiger partial charge in [-0.25, -0.2) is 13.4 Å². The van der Waals surface area contributed by atoms with Crippen LogP contribution >= 0.6 is 12.4 Å². The molecule has 0 radical (unpaired) electrons. The maximum Gasteiger partial charge on any atom is 0.262 e. The van der Waals surface area contributed by atoms with E-state index in [4.69, 9.17) is 5.73 Å². The molecule has 0 saturated carbocycles. The van der Waals surface area contributed by atoms with Crippen LogP contribution in [-0.2, 0) is 10.0 Å². The molecule has 2 N–H and O–H groups in total. The fourth-order valence-electron chi connectivity index (χ4n) is 2.22. The Balaban J connectivity index is 0.00000200. The summed E-state index contributed by atoms with van der Waals surface area (Å²) < 4.78 is 28.3. The number of hydrogen-bond acceptors (Lipinski definition) is 4. The number of rotatable bonds is 4. The lowest BCUT2D eigenvalue weighted by molar-refractivity contribution is 0.349. The molecule has 1 aromatic heterocycles. The first-order valence-corrected chi connectivity index (χ1v) is 7.96. The first-order valence-electron chi connectivity index (χ1n) is 6.52. The Morgan fingerprint density at radius 1 is 1.50 bits per heavy atom. The van der Waals surface area contributed by atoms with Crippen molar-refractivity contribution in [2.75, 3.05) is 19.6 Å². The number of aromatic nitrogens is 2. The average molecular weight is 323 g/mol. The molecular weight excluding hydrogens is 300 g/mol. The largest absolute Gasteiger partial charge is 0.334 e. The second-order valence-electron chi connectivity index (χ2n) is 5.86. The summed E-state index contributed by atoms with van der Waals surface area (Å²) in [5.74, 6) is 0. The van der Waals surface area contributed by atoms with Crippen molar-refractivity contribution in [2.45, 2.75) is 38.3 Å². The first-order chi connectivity index (χ1) is 8.78. The van der Waals surface area contributed by atoms with Crippen LogP contribution in [0.25, 0.3) is 0 Å². The highest BCUT2D eigenvalue weighted by atomic mass is 35.5. The Hall–Kier alpha value is -0.630. The molecule has 2 heterocycles. The molecule has 0 bridgehead atoms. The van der Waals surface area contributed by atoms with Crippen LogP contribution < -0.4 is 5.73 Å². The zero-order valence-electron chi connectivity index (χ0n) is 12.1. The van der Waals surface area contributed by atoms with Crippen LogP contribution in [0.1, 0.15) is 33.2 Å². The zero-order valence-corrected chi connectivity index (χ0v) is 13.7. The van der Waals surface area contributed by atoms with Crippen LogP contribution in [0, 0.1) is 5.41 Å². The Kier molecular flexibility index (Phi) is 5.23. The molecule has 0 spiro atoms. The zero-order chi connectivity index (χ0) is 14.3. The molecule has 0 aromatic carbocycles. The predicted octanol–water partition coefficient (Wildman–Crippen LogP) is 1.25. The maximum atomic E-state index is 12.5. The van der Waals surface area contributed by atoms with E-state index in [-0.39, 0.29) is 28.9 Å².